The number of ether oxygens (including phenoxy) is 1. The van der Waals surface area contributed by atoms with Crippen molar-refractivity contribution < 1.29 is 4.74 Å². The zero-order chi connectivity index (χ0) is 22.7. The van der Waals surface area contributed by atoms with Crippen LogP contribution in [0.3, 0.4) is 0 Å². The van der Waals surface area contributed by atoms with Crippen LogP contribution in [0.5, 0.6) is 0 Å². The average Bonchev–Trinajstić information content (AvgIpc) is 3.02. The number of imidazole rings is 1. The van der Waals surface area contributed by atoms with Gasteiger partial charge in [0, 0.05) is 25.9 Å². The van der Waals surface area contributed by atoms with E-state index in [1.807, 2.05) is 0 Å². The summed E-state index contributed by atoms with van der Waals surface area (Å²) in [6.45, 7) is 15.4. The fourth-order valence-corrected chi connectivity index (χ4v) is 6.06. The first-order valence-electron chi connectivity index (χ1n) is 12.3. The summed E-state index contributed by atoms with van der Waals surface area (Å²) >= 11 is 0. The molecule has 5 nitrogen and oxygen atoms in total. The number of nitrogens with zero attached hydrogens (tertiary/aromatic N) is 3. The van der Waals surface area contributed by atoms with Crippen molar-refractivity contribution in [2.24, 2.45) is 11.3 Å². The predicted octanol–water partition coefficient (Wildman–Crippen LogP) is 6.12. The van der Waals surface area contributed by atoms with Gasteiger partial charge in [-0.3, -0.25) is 0 Å². The van der Waals surface area contributed by atoms with Crippen LogP contribution in [0.2, 0.25) is 25.7 Å². The molecule has 0 spiro atoms. The van der Waals surface area contributed by atoms with E-state index in [9.17, 15) is 0 Å². The smallest absolute Gasteiger partial charge is 0.159 e. The number of hydrogen-bond donors (Lipinski definition) is 1. The second kappa shape index (κ2) is 7.84. The van der Waals surface area contributed by atoms with Crippen LogP contribution in [-0.4, -0.2) is 34.4 Å². The summed E-state index contributed by atoms with van der Waals surface area (Å²) in [6, 6.07) is 5.69. The molecule has 172 valence electrons. The maximum absolute atomic E-state index is 6.11. The number of fused-ring (bicyclic) bond motifs is 3. The van der Waals surface area contributed by atoms with Crippen LogP contribution in [0.25, 0.3) is 22.6 Å². The molecule has 0 bridgehead atoms. The molecule has 6 heteroatoms. The first-order chi connectivity index (χ1) is 15.2. The van der Waals surface area contributed by atoms with Gasteiger partial charge in [-0.15, -0.1) is 0 Å². The van der Waals surface area contributed by atoms with E-state index < -0.39 is 8.07 Å². The van der Waals surface area contributed by atoms with E-state index >= 15 is 0 Å². The first kappa shape index (κ1) is 21.9. The van der Waals surface area contributed by atoms with Gasteiger partial charge in [0.15, 0.2) is 5.82 Å². The number of H-pyrrole nitrogens is 1. The standard InChI is InChI=1S/C26H38N4OSi/c1-7-8-18-12-22-21(11-17(18)2)27-25(28-22)24-20-13-19-14-26(19,3)15-23(20)30(29-24)16-31-9-10-32(4,5)6/h11-12,19H,7-10,13-16H2,1-6H3,(H,27,28)/t19-,26-/m1/s1. The molecule has 0 aliphatic heterocycles. The molecular weight excluding hydrogens is 412 g/mol. The topological polar surface area (TPSA) is 55.7 Å². The summed E-state index contributed by atoms with van der Waals surface area (Å²) in [6.07, 6.45) is 5.81. The Labute approximate surface area is 193 Å². The third-order valence-corrected chi connectivity index (χ3v) is 9.32. The van der Waals surface area contributed by atoms with Gasteiger partial charge >= 0.3 is 0 Å². The highest BCUT2D eigenvalue weighted by molar-refractivity contribution is 6.76. The average molecular weight is 451 g/mol. The lowest BCUT2D eigenvalue weighted by molar-refractivity contribution is 0.0757. The summed E-state index contributed by atoms with van der Waals surface area (Å²) in [5.41, 5.74) is 9.15. The van der Waals surface area contributed by atoms with E-state index in [-0.39, 0.29) is 0 Å². The Kier molecular flexibility index (Phi) is 5.36. The summed E-state index contributed by atoms with van der Waals surface area (Å²) < 4.78 is 8.25. The van der Waals surface area contributed by atoms with Crippen molar-refractivity contribution >= 4 is 19.1 Å². The molecule has 2 aliphatic rings. The van der Waals surface area contributed by atoms with Gasteiger partial charge in [-0.1, -0.05) is 39.9 Å². The molecule has 1 aromatic carbocycles. The summed E-state index contributed by atoms with van der Waals surface area (Å²) in [4.78, 5) is 8.59. The molecule has 32 heavy (non-hydrogen) atoms. The zero-order valence-corrected chi connectivity index (χ0v) is 21.6. The second-order valence-electron chi connectivity index (χ2n) is 11.7. The van der Waals surface area contributed by atoms with E-state index in [4.69, 9.17) is 14.8 Å². The van der Waals surface area contributed by atoms with E-state index in [2.05, 4.69) is 62.2 Å². The molecular formula is C26H38N4OSi. The van der Waals surface area contributed by atoms with Crippen molar-refractivity contribution in [3.05, 3.63) is 34.5 Å². The molecule has 1 fully saturated rings. The molecule has 2 heterocycles. The molecule has 1 N–H and O–H groups in total. The largest absolute Gasteiger partial charge is 0.360 e. The molecule has 2 aliphatic carbocycles. The molecule has 0 unspecified atom stereocenters. The summed E-state index contributed by atoms with van der Waals surface area (Å²) in [5, 5.41) is 5.07. The highest BCUT2D eigenvalue weighted by atomic mass is 28.3. The number of aromatic nitrogens is 4. The number of benzene rings is 1. The third-order valence-electron chi connectivity index (χ3n) is 7.62. The molecule has 1 saturated carbocycles. The lowest BCUT2D eigenvalue weighted by Crippen LogP contribution is -2.23. The van der Waals surface area contributed by atoms with Gasteiger partial charge in [0.2, 0.25) is 0 Å². The molecule has 3 aromatic rings. The van der Waals surface area contributed by atoms with Crippen LogP contribution >= 0.6 is 0 Å². The van der Waals surface area contributed by atoms with Gasteiger partial charge in [0.05, 0.1) is 11.0 Å². The quantitative estimate of drug-likeness (QED) is 0.332. The van der Waals surface area contributed by atoms with Crippen LogP contribution in [0.15, 0.2) is 12.1 Å². The van der Waals surface area contributed by atoms with Gasteiger partial charge in [-0.25, -0.2) is 9.67 Å². The van der Waals surface area contributed by atoms with Gasteiger partial charge < -0.3 is 9.72 Å². The van der Waals surface area contributed by atoms with Gasteiger partial charge in [-0.2, -0.15) is 5.10 Å². The summed E-state index contributed by atoms with van der Waals surface area (Å²) in [7, 11) is -1.09. The minimum absolute atomic E-state index is 0.459. The van der Waals surface area contributed by atoms with E-state index in [1.165, 1.54) is 34.8 Å². The fraction of sp³-hybridized carbons (Fsp3) is 0.615. The molecule has 2 atom stereocenters. The SMILES string of the molecule is CCCc1cc2nc(-c3nn(COCC[Si](C)(C)C)c4c3C[C@@H]3C[C@]3(C)C4)[nH]c2cc1C. The fourth-order valence-electron chi connectivity index (χ4n) is 5.30. The lowest BCUT2D eigenvalue weighted by atomic mass is 9.87. The van der Waals surface area contributed by atoms with Crippen LogP contribution in [-0.2, 0) is 30.7 Å². The van der Waals surface area contributed by atoms with E-state index in [0.717, 1.165) is 60.8 Å². The Morgan fingerprint density at radius 1 is 1.28 bits per heavy atom. The Hall–Kier alpha value is -1.92. The van der Waals surface area contributed by atoms with Crippen LogP contribution in [0.1, 0.15) is 49.1 Å². The van der Waals surface area contributed by atoms with Crippen molar-refractivity contribution in [2.45, 2.75) is 85.3 Å². The normalized spacial score (nSPS) is 22.2. The van der Waals surface area contributed by atoms with Crippen molar-refractivity contribution in [1.82, 2.24) is 19.7 Å². The van der Waals surface area contributed by atoms with Crippen molar-refractivity contribution in [3.8, 4) is 11.5 Å². The van der Waals surface area contributed by atoms with Crippen molar-refractivity contribution in [3.63, 3.8) is 0 Å². The second-order valence-corrected chi connectivity index (χ2v) is 17.3. The van der Waals surface area contributed by atoms with E-state index in [1.54, 1.807) is 0 Å². The number of aromatic amines is 1. The number of aryl methyl sites for hydroxylation is 2. The van der Waals surface area contributed by atoms with Crippen molar-refractivity contribution in [1.29, 1.82) is 0 Å². The van der Waals surface area contributed by atoms with Crippen LogP contribution in [0, 0.1) is 18.3 Å². The number of hydrogen-bond acceptors (Lipinski definition) is 3. The minimum Gasteiger partial charge on any atom is -0.360 e. The van der Waals surface area contributed by atoms with Crippen LogP contribution in [0.4, 0.5) is 0 Å². The lowest BCUT2D eigenvalue weighted by Gasteiger charge is -2.20. The Morgan fingerprint density at radius 3 is 2.84 bits per heavy atom. The maximum Gasteiger partial charge on any atom is 0.159 e. The molecule has 0 amide bonds. The Balaban J connectivity index is 1.47. The first-order valence-corrected chi connectivity index (χ1v) is 16.0. The molecule has 0 saturated heterocycles. The van der Waals surface area contributed by atoms with E-state index in [0.29, 0.717) is 12.1 Å². The maximum atomic E-state index is 6.11. The molecule has 0 radical (unpaired) electrons. The van der Waals surface area contributed by atoms with Gasteiger partial charge in [-0.05, 0) is 73.2 Å². The summed E-state index contributed by atoms with van der Waals surface area (Å²) in [5.74, 6) is 1.70. The van der Waals surface area contributed by atoms with Gasteiger partial charge in [0.1, 0.15) is 12.4 Å². The minimum atomic E-state index is -1.09. The Bertz CT molecular complexity index is 1150. The van der Waals surface area contributed by atoms with Gasteiger partial charge in [0.25, 0.3) is 0 Å². The van der Waals surface area contributed by atoms with Crippen LogP contribution < -0.4 is 0 Å². The molecule has 5 rings (SSSR count). The third kappa shape index (κ3) is 4.07. The highest BCUT2D eigenvalue weighted by Crippen LogP contribution is 2.60. The molecule has 2 aromatic heterocycles. The number of nitrogens with one attached hydrogen (secondary N) is 1. The number of rotatable bonds is 8. The zero-order valence-electron chi connectivity index (χ0n) is 20.6. The monoisotopic (exact) mass is 450 g/mol. The highest BCUT2D eigenvalue weighted by Gasteiger charge is 2.54. The Morgan fingerprint density at radius 2 is 2.09 bits per heavy atom. The van der Waals surface area contributed by atoms with Crippen molar-refractivity contribution in [2.75, 3.05) is 6.61 Å². The predicted molar refractivity (Wildman–Crippen MR) is 134 cm³/mol.